The van der Waals surface area contributed by atoms with Gasteiger partial charge in [-0.25, -0.2) is 9.79 Å². The number of guanidine groups is 1. The van der Waals surface area contributed by atoms with Crippen LogP contribution in [0.15, 0.2) is 4.99 Å². The van der Waals surface area contributed by atoms with E-state index in [4.69, 9.17) is 22.3 Å². The molecular weight excluding hydrogens is 252 g/mol. The van der Waals surface area contributed by atoms with Crippen LogP contribution in [-0.2, 0) is 4.79 Å². The van der Waals surface area contributed by atoms with Crippen LogP contribution in [0.1, 0.15) is 6.42 Å². The van der Waals surface area contributed by atoms with Crippen molar-refractivity contribution < 1.29 is 19.7 Å². The maximum atomic E-state index is 10.7. The Balaban J connectivity index is 5.07. The summed E-state index contributed by atoms with van der Waals surface area (Å²) in [6.45, 7) is -0.602. The fourth-order valence-corrected chi connectivity index (χ4v) is 1.02. The average molecular weight is 264 g/mol. The maximum Gasteiger partial charge on any atom is 0.399 e. The summed E-state index contributed by atoms with van der Waals surface area (Å²) < 4.78 is 0. The summed E-state index contributed by atoms with van der Waals surface area (Å²) in [6, 6.07) is -1.68. The van der Waals surface area contributed by atoms with E-state index in [1.807, 2.05) is 0 Å². The van der Waals surface area contributed by atoms with E-state index in [2.05, 4.69) is 4.99 Å². The molecule has 0 bridgehead atoms. The van der Waals surface area contributed by atoms with Gasteiger partial charge in [0.05, 0.1) is 4.92 Å². The molecule has 0 radical (unpaired) electrons. The fourth-order valence-electron chi connectivity index (χ4n) is 1.02. The van der Waals surface area contributed by atoms with Crippen molar-refractivity contribution >= 4 is 11.9 Å². The van der Waals surface area contributed by atoms with Crippen LogP contribution < -0.4 is 17.2 Å². The Morgan fingerprint density at radius 2 is 1.89 bits per heavy atom. The van der Waals surface area contributed by atoms with Crippen molar-refractivity contribution in [3.63, 3.8) is 0 Å². The first-order valence-electron chi connectivity index (χ1n) is 4.47. The highest BCUT2D eigenvalue weighted by molar-refractivity contribution is 5.76. The lowest BCUT2D eigenvalue weighted by atomic mass is 10.0. The minimum atomic E-state index is -2.96. The number of hydrogen-bond acceptors (Lipinski definition) is 7. The third-order valence-corrected chi connectivity index (χ3v) is 2.03. The van der Waals surface area contributed by atoms with E-state index in [1.165, 1.54) is 0 Å². The molecule has 0 aromatic heterocycles. The number of rotatable bonds is 7. The molecule has 0 amide bonds. The smallest absolute Gasteiger partial charge is 0.399 e. The van der Waals surface area contributed by atoms with Gasteiger partial charge in [0.2, 0.25) is 6.04 Å². The number of carboxylic acid groups (broad SMARTS) is 1. The number of hydrogen-bond donors (Lipinski definition) is 4. The SMILES string of the molecule is NC(N)=NCC(CC(N)(C(=O)O)[N+](=O)[O-])[N+](=O)[O-]. The molecule has 7 N–H and O–H groups in total. The van der Waals surface area contributed by atoms with Gasteiger partial charge in [-0.3, -0.25) is 26.0 Å². The zero-order valence-corrected chi connectivity index (χ0v) is 9.05. The lowest BCUT2D eigenvalue weighted by Crippen LogP contribution is -2.57. The van der Waals surface area contributed by atoms with Crippen molar-refractivity contribution in [1.29, 1.82) is 0 Å². The van der Waals surface area contributed by atoms with E-state index in [-0.39, 0.29) is 0 Å². The molecule has 12 heteroatoms. The molecule has 102 valence electrons. The van der Waals surface area contributed by atoms with Gasteiger partial charge in [0.25, 0.3) is 0 Å². The fraction of sp³-hybridized carbons (Fsp3) is 0.667. The summed E-state index contributed by atoms with van der Waals surface area (Å²) in [5, 5.41) is 29.8. The van der Waals surface area contributed by atoms with Crippen molar-refractivity contribution in [1.82, 2.24) is 0 Å². The van der Waals surface area contributed by atoms with Crippen molar-refractivity contribution in [3.8, 4) is 0 Å². The Kier molecular flexibility index (Phi) is 4.92. The van der Waals surface area contributed by atoms with Gasteiger partial charge >= 0.3 is 11.6 Å². The summed E-state index contributed by atoms with van der Waals surface area (Å²) in [5.74, 6) is -2.44. The van der Waals surface area contributed by atoms with Gasteiger partial charge in [-0.05, 0) is 0 Å². The second kappa shape index (κ2) is 5.72. The number of nitro groups is 2. The summed E-state index contributed by atoms with van der Waals surface area (Å²) in [7, 11) is 0. The van der Waals surface area contributed by atoms with E-state index < -0.39 is 46.4 Å². The standard InChI is InChI=1S/C6H12N6O6/c7-5(8)10-2-3(11(15)16)1-6(9,4(13)14)12(17)18/h3H,1-2,9H2,(H,13,14)(H4,7,8,10). The Morgan fingerprint density at radius 1 is 1.39 bits per heavy atom. The van der Waals surface area contributed by atoms with Crippen LogP contribution >= 0.6 is 0 Å². The van der Waals surface area contributed by atoms with E-state index >= 15 is 0 Å². The first-order chi connectivity index (χ1) is 8.11. The number of nitrogens with two attached hydrogens (primary N) is 3. The Labute approximate surface area is 99.7 Å². The van der Waals surface area contributed by atoms with Gasteiger partial charge in [-0.15, -0.1) is 0 Å². The number of aliphatic carboxylic acids is 1. The third-order valence-electron chi connectivity index (χ3n) is 2.03. The zero-order chi connectivity index (χ0) is 14.5. The molecule has 0 spiro atoms. The predicted octanol–water partition coefficient (Wildman–Crippen LogP) is -2.69. The topological polar surface area (TPSA) is 214 Å². The molecule has 0 aromatic rings. The number of carboxylic acids is 1. The van der Waals surface area contributed by atoms with Crippen LogP contribution in [0, 0.1) is 20.2 Å². The van der Waals surface area contributed by atoms with Crippen LogP contribution in [-0.4, -0.2) is 45.1 Å². The highest BCUT2D eigenvalue weighted by Gasteiger charge is 2.52. The largest absolute Gasteiger partial charge is 0.475 e. The summed E-state index contributed by atoms with van der Waals surface area (Å²) in [6.07, 6.45) is -1.04. The van der Waals surface area contributed by atoms with Gasteiger partial charge in [-0.2, -0.15) is 0 Å². The van der Waals surface area contributed by atoms with Crippen LogP contribution in [0.25, 0.3) is 0 Å². The van der Waals surface area contributed by atoms with Crippen LogP contribution in [0.5, 0.6) is 0 Å². The van der Waals surface area contributed by atoms with Gasteiger partial charge in [0, 0.05) is 4.92 Å². The van der Waals surface area contributed by atoms with Crippen molar-refractivity contribution in [2.45, 2.75) is 18.1 Å². The molecule has 18 heavy (non-hydrogen) atoms. The molecule has 0 aliphatic carbocycles. The molecule has 2 atom stereocenters. The highest BCUT2D eigenvalue weighted by atomic mass is 16.6. The molecule has 0 rings (SSSR count). The van der Waals surface area contributed by atoms with Gasteiger partial charge < -0.3 is 16.6 Å². The Hall–Kier alpha value is -2.50. The molecule has 0 heterocycles. The van der Waals surface area contributed by atoms with Gasteiger partial charge in [-0.1, -0.05) is 0 Å². The van der Waals surface area contributed by atoms with Crippen molar-refractivity contribution in [2.24, 2.45) is 22.2 Å². The lowest BCUT2D eigenvalue weighted by Gasteiger charge is -2.17. The molecule has 0 saturated carbocycles. The monoisotopic (exact) mass is 264 g/mol. The first kappa shape index (κ1) is 15.5. The first-order valence-corrected chi connectivity index (χ1v) is 4.47. The van der Waals surface area contributed by atoms with Crippen LogP contribution in [0.2, 0.25) is 0 Å². The van der Waals surface area contributed by atoms with Gasteiger partial charge in [0.15, 0.2) is 5.96 Å². The number of aliphatic imine (C=N–C) groups is 1. The van der Waals surface area contributed by atoms with E-state index in [0.717, 1.165) is 0 Å². The molecule has 0 saturated heterocycles. The molecule has 0 aromatic carbocycles. The minimum absolute atomic E-state index is 0.458. The number of nitrogens with zero attached hydrogens (tertiary/aromatic N) is 3. The van der Waals surface area contributed by atoms with Crippen molar-refractivity contribution in [3.05, 3.63) is 20.2 Å². The third kappa shape index (κ3) is 3.82. The quantitative estimate of drug-likeness (QED) is 0.123. The molecule has 0 aliphatic heterocycles. The van der Waals surface area contributed by atoms with Gasteiger partial charge in [0.1, 0.15) is 13.0 Å². The maximum absolute atomic E-state index is 10.7. The number of carbonyl (C=O) groups is 1. The minimum Gasteiger partial charge on any atom is -0.475 e. The van der Waals surface area contributed by atoms with Crippen LogP contribution in [0.3, 0.4) is 0 Å². The molecule has 0 fully saturated rings. The summed E-state index contributed by atoms with van der Waals surface area (Å²) in [5.41, 5.74) is 11.9. The molecule has 0 aliphatic rings. The van der Waals surface area contributed by atoms with Crippen molar-refractivity contribution in [2.75, 3.05) is 6.54 Å². The van der Waals surface area contributed by atoms with E-state index in [1.54, 1.807) is 0 Å². The average Bonchev–Trinajstić information content (AvgIpc) is 2.22. The zero-order valence-electron chi connectivity index (χ0n) is 9.05. The normalized spacial score (nSPS) is 15.2. The lowest BCUT2D eigenvalue weighted by molar-refractivity contribution is -0.580. The Bertz CT molecular complexity index is 376. The second-order valence-corrected chi connectivity index (χ2v) is 3.40. The second-order valence-electron chi connectivity index (χ2n) is 3.40. The summed E-state index contributed by atoms with van der Waals surface area (Å²) in [4.78, 5) is 32.9. The van der Waals surface area contributed by atoms with E-state index in [0.29, 0.717) is 0 Å². The predicted molar refractivity (Wildman–Crippen MR) is 57.6 cm³/mol. The Morgan fingerprint density at radius 3 is 2.17 bits per heavy atom. The summed E-state index contributed by atoms with van der Waals surface area (Å²) >= 11 is 0. The van der Waals surface area contributed by atoms with Crippen LogP contribution in [0.4, 0.5) is 0 Å². The molecule has 12 nitrogen and oxygen atoms in total. The molecular formula is C6H12N6O6. The highest BCUT2D eigenvalue weighted by Crippen LogP contribution is 2.14. The molecule has 2 unspecified atom stereocenters. The van der Waals surface area contributed by atoms with E-state index in [9.17, 15) is 25.0 Å².